The van der Waals surface area contributed by atoms with Crippen molar-refractivity contribution >= 4 is 44.5 Å². The number of aryl methyl sites for hydroxylation is 1. The number of para-hydroxylation sites is 1. The van der Waals surface area contributed by atoms with E-state index in [9.17, 15) is 14.4 Å². The number of hydrogen-bond donors (Lipinski definition) is 1. The van der Waals surface area contributed by atoms with Crippen molar-refractivity contribution < 1.29 is 4.79 Å². The van der Waals surface area contributed by atoms with Crippen LogP contribution in [-0.4, -0.2) is 15.0 Å². The van der Waals surface area contributed by atoms with Gasteiger partial charge < -0.3 is 5.32 Å². The van der Waals surface area contributed by atoms with E-state index in [0.29, 0.717) is 22.3 Å². The van der Waals surface area contributed by atoms with Crippen LogP contribution in [-0.2, 0) is 24.3 Å². The topological polar surface area (TPSA) is 73.1 Å². The molecule has 0 bridgehead atoms. The normalized spacial score (nSPS) is 11.0. The fourth-order valence-electron chi connectivity index (χ4n) is 3.03. The minimum absolute atomic E-state index is 0.153. The van der Waals surface area contributed by atoms with E-state index in [1.165, 1.54) is 20.5 Å². The van der Waals surface area contributed by atoms with Gasteiger partial charge in [0.1, 0.15) is 11.2 Å². The molecule has 1 amide bonds. The molecule has 3 aromatic heterocycles. The van der Waals surface area contributed by atoms with Crippen molar-refractivity contribution in [2.24, 2.45) is 0 Å². The highest BCUT2D eigenvalue weighted by Gasteiger charge is 2.16. The predicted molar refractivity (Wildman–Crippen MR) is 113 cm³/mol. The SMILES string of the molecule is O=C(Cn1c(=O)n(CCc2cccs2)c(=O)c2sccc21)Nc1ccccc1. The predicted octanol–water partition coefficient (Wildman–Crippen LogP) is 3.17. The Morgan fingerprint density at radius 1 is 0.929 bits per heavy atom. The van der Waals surface area contributed by atoms with Crippen LogP contribution < -0.4 is 16.6 Å². The second-order valence-corrected chi connectivity index (χ2v) is 8.15. The Labute approximate surface area is 168 Å². The molecule has 142 valence electrons. The molecule has 0 spiro atoms. The monoisotopic (exact) mass is 411 g/mol. The van der Waals surface area contributed by atoms with Crippen LogP contribution in [0.3, 0.4) is 0 Å². The number of nitrogens with one attached hydrogen (secondary N) is 1. The van der Waals surface area contributed by atoms with Gasteiger partial charge in [0.15, 0.2) is 0 Å². The van der Waals surface area contributed by atoms with Gasteiger partial charge in [0.05, 0.1) is 5.52 Å². The van der Waals surface area contributed by atoms with Crippen LogP contribution in [0.25, 0.3) is 10.2 Å². The number of carbonyl (C=O) groups is 1. The van der Waals surface area contributed by atoms with Gasteiger partial charge in [0.2, 0.25) is 5.91 Å². The molecule has 3 heterocycles. The molecule has 0 aliphatic carbocycles. The molecule has 6 nitrogen and oxygen atoms in total. The maximum atomic E-state index is 13.0. The highest BCUT2D eigenvalue weighted by atomic mass is 32.1. The number of anilines is 1. The van der Waals surface area contributed by atoms with Crippen molar-refractivity contribution in [3.05, 3.63) is 85.0 Å². The van der Waals surface area contributed by atoms with E-state index in [1.54, 1.807) is 34.9 Å². The standard InChI is InChI=1S/C20H17N3O3S2/c24-17(21-14-5-2-1-3-6-14)13-23-16-9-12-28-18(16)19(25)22(20(23)26)10-8-15-7-4-11-27-15/h1-7,9,11-12H,8,10,13H2,(H,21,24). The lowest BCUT2D eigenvalue weighted by Crippen LogP contribution is -2.41. The van der Waals surface area contributed by atoms with Crippen molar-refractivity contribution in [1.29, 1.82) is 0 Å². The largest absolute Gasteiger partial charge is 0.332 e. The summed E-state index contributed by atoms with van der Waals surface area (Å²) in [5, 5.41) is 6.51. The molecule has 1 N–H and O–H groups in total. The van der Waals surface area contributed by atoms with Crippen molar-refractivity contribution in [2.75, 3.05) is 5.32 Å². The van der Waals surface area contributed by atoms with Gasteiger partial charge in [0, 0.05) is 17.1 Å². The maximum Gasteiger partial charge on any atom is 0.332 e. The first-order valence-corrected chi connectivity index (χ1v) is 10.5. The summed E-state index contributed by atoms with van der Waals surface area (Å²) in [7, 11) is 0. The third-order valence-corrected chi connectivity index (χ3v) is 6.19. The summed E-state index contributed by atoms with van der Waals surface area (Å²) in [5.41, 5.74) is 0.394. The smallest absolute Gasteiger partial charge is 0.325 e. The molecule has 0 saturated carbocycles. The van der Waals surface area contributed by atoms with Crippen LogP contribution in [0.2, 0.25) is 0 Å². The van der Waals surface area contributed by atoms with E-state index in [1.807, 2.05) is 35.7 Å². The Kier molecular flexibility index (Phi) is 5.23. The molecule has 4 rings (SSSR count). The summed E-state index contributed by atoms with van der Waals surface area (Å²) in [6, 6.07) is 14.7. The molecular formula is C20H17N3O3S2. The van der Waals surface area contributed by atoms with E-state index in [4.69, 9.17) is 0 Å². The number of fused-ring (bicyclic) bond motifs is 1. The maximum absolute atomic E-state index is 13.0. The quantitative estimate of drug-likeness (QED) is 0.530. The second kappa shape index (κ2) is 7.95. The Bertz CT molecular complexity index is 1220. The minimum atomic E-state index is -0.462. The third-order valence-electron chi connectivity index (χ3n) is 4.36. The van der Waals surface area contributed by atoms with Crippen LogP contribution in [0.15, 0.2) is 68.9 Å². The molecule has 1 aromatic carbocycles. The van der Waals surface area contributed by atoms with Gasteiger partial charge in [0.25, 0.3) is 5.56 Å². The van der Waals surface area contributed by atoms with Crippen molar-refractivity contribution in [3.63, 3.8) is 0 Å². The number of aromatic nitrogens is 2. The molecule has 0 radical (unpaired) electrons. The lowest BCUT2D eigenvalue weighted by atomic mass is 10.3. The molecule has 0 aliphatic rings. The van der Waals surface area contributed by atoms with E-state index in [0.717, 1.165) is 4.88 Å². The number of nitrogens with zero attached hydrogens (tertiary/aromatic N) is 2. The fourth-order valence-corrected chi connectivity index (χ4v) is 4.57. The van der Waals surface area contributed by atoms with E-state index < -0.39 is 5.69 Å². The molecule has 0 atom stereocenters. The lowest BCUT2D eigenvalue weighted by Gasteiger charge is -2.12. The van der Waals surface area contributed by atoms with Gasteiger partial charge in [-0.1, -0.05) is 24.3 Å². The summed E-state index contributed by atoms with van der Waals surface area (Å²) in [6.45, 7) is 0.132. The first-order valence-electron chi connectivity index (χ1n) is 8.71. The number of hydrogen-bond acceptors (Lipinski definition) is 5. The van der Waals surface area contributed by atoms with Crippen molar-refractivity contribution in [2.45, 2.75) is 19.5 Å². The third kappa shape index (κ3) is 3.69. The van der Waals surface area contributed by atoms with Crippen LogP contribution in [0.1, 0.15) is 4.88 Å². The highest BCUT2D eigenvalue weighted by molar-refractivity contribution is 7.17. The zero-order chi connectivity index (χ0) is 19.5. The van der Waals surface area contributed by atoms with Crippen molar-refractivity contribution in [3.8, 4) is 0 Å². The molecule has 28 heavy (non-hydrogen) atoms. The first kappa shape index (κ1) is 18.4. The number of rotatable bonds is 6. The van der Waals surface area contributed by atoms with E-state index >= 15 is 0 Å². The molecule has 0 aliphatic heterocycles. The zero-order valence-electron chi connectivity index (χ0n) is 14.8. The summed E-state index contributed by atoms with van der Waals surface area (Å²) in [6.07, 6.45) is 0.597. The Morgan fingerprint density at radius 3 is 2.50 bits per heavy atom. The van der Waals surface area contributed by atoms with Gasteiger partial charge >= 0.3 is 5.69 Å². The molecular weight excluding hydrogens is 394 g/mol. The van der Waals surface area contributed by atoms with Gasteiger partial charge in [-0.3, -0.25) is 18.7 Å². The molecule has 0 unspecified atom stereocenters. The van der Waals surface area contributed by atoms with Crippen LogP contribution >= 0.6 is 22.7 Å². The zero-order valence-corrected chi connectivity index (χ0v) is 16.5. The van der Waals surface area contributed by atoms with Gasteiger partial charge in [-0.15, -0.1) is 22.7 Å². The average molecular weight is 412 g/mol. The Morgan fingerprint density at radius 2 is 1.75 bits per heavy atom. The fraction of sp³-hybridized carbons (Fsp3) is 0.150. The Hall–Kier alpha value is -2.97. The first-order chi connectivity index (χ1) is 13.6. The van der Waals surface area contributed by atoms with Crippen LogP contribution in [0.4, 0.5) is 5.69 Å². The van der Waals surface area contributed by atoms with Gasteiger partial charge in [-0.2, -0.15) is 0 Å². The lowest BCUT2D eigenvalue weighted by molar-refractivity contribution is -0.116. The average Bonchev–Trinajstić information content (AvgIpc) is 3.38. The summed E-state index contributed by atoms with van der Waals surface area (Å²) in [4.78, 5) is 39.4. The van der Waals surface area contributed by atoms with Crippen molar-refractivity contribution in [1.82, 2.24) is 9.13 Å². The summed E-state index contributed by atoms with van der Waals surface area (Å²) in [5.74, 6) is -0.316. The van der Waals surface area contributed by atoms with E-state index in [2.05, 4.69) is 5.32 Å². The second-order valence-electron chi connectivity index (χ2n) is 6.20. The van der Waals surface area contributed by atoms with Crippen LogP contribution in [0.5, 0.6) is 0 Å². The number of benzene rings is 1. The number of thiophene rings is 2. The van der Waals surface area contributed by atoms with E-state index in [-0.39, 0.29) is 24.6 Å². The molecule has 8 heteroatoms. The molecule has 0 fully saturated rings. The minimum Gasteiger partial charge on any atom is -0.325 e. The summed E-state index contributed by atoms with van der Waals surface area (Å²) >= 11 is 2.87. The number of amides is 1. The molecule has 4 aromatic rings. The van der Waals surface area contributed by atoms with Gasteiger partial charge in [-0.25, -0.2) is 4.79 Å². The molecule has 0 saturated heterocycles. The Balaban J connectivity index is 1.67. The highest BCUT2D eigenvalue weighted by Crippen LogP contribution is 2.16. The number of carbonyl (C=O) groups excluding carboxylic acids is 1. The van der Waals surface area contributed by atoms with Gasteiger partial charge in [-0.05, 0) is 41.4 Å². The summed E-state index contributed by atoms with van der Waals surface area (Å²) < 4.78 is 3.09. The van der Waals surface area contributed by atoms with Crippen LogP contribution in [0, 0.1) is 0 Å².